The Kier molecular flexibility index (Phi) is 7.07. The number of rotatable bonds is 7. The lowest BCUT2D eigenvalue weighted by atomic mass is 9.72. The van der Waals surface area contributed by atoms with Crippen LogP contribution in [0.4, 0.5) is 0 Å². The van der Waals surface area contributed by atoms with Crippen molar-refractivity contribution < 1.29 is 19.1 Å². The summed E-state index contributed by atoms with van der Waals surface area (Å²) in [5.41, 5.74) is 4.22. The fraction of sp³-hybridized carbons (Fsp3) is 0.393. The molecule has 2 aliphatic rings. The van der Waals surface area contributed by atoms with Gasteiger partial charge in [0.15, 0.2) is 5.78 Å². The predicted octanol–water partition coefficient (Wildman–Crippen LogP) is 5.65. The zero-order chi connectivity index (χ0) is 23.4. The molecule has 2 aromatic rings. The Morgan fingerprint density at radius 1 is 1.06 bits per heavy atom. The lowest BCUT2D eigenvalue weighted by Crippen LogP contribution is -2.37. The van der Waals surface area contributed by atoms with Crippen LogP contribution in [0.15, 0.2) is 70.9 Å². The summed E-state index contributed by atoms with van der Waals surface area (Å²) < 4.78 is 11.5. The number of esters is 1. The number of nitrogens with zero attached hydrogens (tertiary/aromatic N) is 1. The van der Waals surface area contributed by atoms with Gasteiger partial charge >= 0.3 is 5.97 Å². The first-order chi connectivity index (χ1) is 15.9. The molecular weight excluding hydrogens is 414 g/mol. The van der Waals surface area contributed by atoms with Gasteiger partial charge in [-0.3, -0.25) is 14.6 Å². The third-order valence-electron chi connectivity index (χ3n) is 6.13. The number of ketones is 1. The number of carbonyl (C=O) groups is 2. The van der Waals surface area contributed by atoms with Crippen LogP contribution in [-0.2, 0) is 20.9 Å². The van der Waals surface area contributed by atoms with Gasteiger partial charge < -0.3 is 9.47 Å². The molecule has 2 aromatic carbocycles. The molecule has 0 radical (unpaired) electrons. The van der Waals surface area contributed by atoms with E-state index in [9.17, 15) is 9.59 Å². The zero-order valence-corrected chi connectivity index (χ0v) is 19.5. The molecule has 0 N–H and O–H groups in total. The zero-order valence-electron chi connectivity index (χ0n) is 19.5. The van der Waals surface area contributed by atoms with Gasteiger partial charge in [-0.25, -0.2) is 0 Å². The second kappa shape index (κ2) is 10.2. The highest BCUT2D eigenvalue weighted by atomic mass is 16.5. The molecule has 0 saturated carbocycles. The molecule has 5 nitrogen and oxygen atoms in total. The maximum absolute atomic E-state index is 13.1. The van der Waals surface area contributed by atoms with Crippen LogP contribution in [0.3, 0.4) is 0 Å². The highest BCUT2D eigenvalue weighted by Gasteiger charge is 2.43. The Bertz CT molecular complexity index is 1070. The van der Waals surface area contributed by atoms with E-state index < -0.39 is 5.92 Å². The molecule has 0 saturated heterocycles. The van der Waals surface area contributed by atoms with E-state index in [1.807, 2.05) is 75.4 Å². The average Bonchev–Trinajstić information content (AvgIpc) is 2.81. The van der Waals surface area contributed by atoms with Crippen molar-refractivity contribution in [3.05, 3.63) is 77.0 Å². The normalized spacial score (nSPS) is 20.4. The summed E-state index contributed by atoms with van der Waals surface area (Å²) in [6.45, 7) is 6.71. The molecule has 0 aromatic heterocycles. The third kappa shape index (κ3) is 5.24. The summed E-state index contributed by atoms with van der Waals surface area (Å²) in [5.74, 6) is -0.228. The standard InChI is InChI=1S/C28H31NO4/c1-18(2)16-33-28(31)25-19(3)29-23-10-7-11-24(30)27(23)26(25)21-12-14-22(15-13-21)32-17-20-8-5-4-6-9-20/h4-6,8-9,12-15,18,25-26H,7,10-11,16-17H2,1-3H3/t25?,26-/m0/s1. The monoisotopic (exact) mass is 445 g/mol. The molecule has 33 heavy (non-hydrogen) atoms. The van der Waals surface area contributed by atoms with Crippen molar-refractivity contribution in [2.24, 2.45) is 16.8 Å². The summed E-state index contributed by atoms with van der Waals surface area (Å²) in [5, 5.41) is 0. The van der Waals surface area contributed by atoms with Gasteiger partial charge in [-0.2, -0.15) is 0 Å². The molecule has 5 heteroatoms. The van der Waals surface area contributed by atoms with E-state index in [0.29, 0.717) is 30.9 Å². The first-order valence-electron chi connectivity index (χ1n) is 11.7. The number of hydrogen-bond donors (Lipinski definition) is 0. The van der Waals surface area contributed by atoms with Gasteiger partial charge in [0.2, 0.25) is 0 Å². The number of benzene rings is 2. The molecule has 1 aliphatic heterocycles. The molecule has 0 fully saturated rings. The van der Waals surface area contributed by atoms with Crippen molar-refractivity contribution in [3.63, 3.8) is 0 Å². The first-order valence-corrected chi connectivity index (χ1v) is 11.7. The summed E-state index contributed by atoms with van der Waals surface area (Å²) in [4.78, 5) is 30.8. The van der Waals surface area contributed by atoms with E-state index >= 15 is 0 Å². The van der Waals surface area contributed by atoms with E-state index in [-0.39, 0.29) is 23.6 Å². The first kappa shape index (κ1) is 23.0. The summed E-state index contributed by atoms with van der Waals surface area (Å²) in [6.07, 6.45) is 2.06. The number of carbonyl (C=O) groups excluding carboxylic acids is 2. The average molecular weight is 446 g/mol. The van der Waals surface area contributed by atoms with Crippen molar-refractivity contribution in [1.29, 1.82) is 0 Å². The van der Waals surface area contributed by atoms with Crippen LogP contribution in [-0.4, -0.2) is 24.1 Å². The second-order valence-corrected chi connectivity index (χ2v) is 9.21. The van der Waals surface area contributed by atoms with E-state index in [0.717, 1.165) is 35.4 Å². The van der Waals surface area contributed by atoms with Crippen LogP contribution >= 0.6 is 0 Å². The third-order valence-corrected chi connectivity index (χ3v) is 6.13. The number of allylic oxidation sites excluding steroid dienone is 2. The van der Waals surface area contributed by atoms with Crippen LogP contribution < -0.4 is 4.74 Å². The Morgan fingerprint density at radius 3 is 2.48 bits per heavy atom. The summed E-state index contributed by atoms with van der Waals surface area (Å²) in [6, 6.07) is 17.7. The van der Waals surface area contributed by atoms with Crippen LogP contribution in [0.5, 0.6) is 5.75 Å². The quantitative estimate of drug-likeness (QED) is 0.517. The van der Waals surface area contributed by atoms with E-state index in [1.54, 1.807) is 0 Å². The van der Waals surface area contributed by atoms with Gasteiger partial charge in [0, 0.05) is 29.3 Å². The minimum absolute atomic E-state index is 0.0866. The lowest BCUT2D eigenvalue weighted by Gasteiger charge is -2.34. The molecule has 1 heterocycles. The SMILES string of the molecule is CC1=NC2=C(C(=O)CCC2)[C@@H](c2ccc(OCc3ccccc3)cc2)C1C(=O)OCC(C)C. The fourth-order valence-electron chi connectivity index (χ4n) is 4.52. The fourth-order valence-corrected chi connectivity index (χ4v) is 4.52. The molecule has 4 rings (SSSR count). The molecule has 0 amide bonds. The van der Waals surface area contributed by atoms with Gasteiger partial charge in [-0.05, 0) is 48.9 Å². The minimum Gasteiger partial charge on any atom is -0.489 e. The highest BCUT2D eigenvalue weighted by Crippen LogP contribution is 2.43. The largest absolute Gasteiger partial charge is 0.489 e. The molecule has 1 unspecified atom stereocenters. The second-order valence-electron chi connectivity index (χ2n) is 9.21. The Labute approximate surface area is 195 Å². The van der Waals surface area contributed by atoms with Crippen LogP contribution in [0.25, 0.3) is 0 Å². The van der Waals surface area contributed by atoms with Crippen LogP contribution in [0.1, 0.15) is 57.1 Å². The Balaban J connectivity index is 1.62. The van der Waals surface area contributed by atoms with Crippen molar-refractivity contribution in [1.82, 2.24) is 0 Å². The number of Topliss-reactive ketones (excluding diaryl/α,β-unsaturated/α-hetero) is 1. The Hall–Kier alpha value is -3.21. The molecule has 0 spiro atoms. The number of aliphatic imine (C=N–C) groups is 1. The molecule has 1 aliphatic carbocycles. The van der Waals surface area contributed by atoms with E-state index in [2.05, 4.69) is 0 Å². The van der Waals surface area contributed by atoms with Gasteiger partial charge in [-0.1, -0.05) is 56.3 Å². The van der Waals surface area contributed by atoms with Gasteiger partial charge in [0.25, 0.3) is 0 Å². The maximum atomic E-state index is 13.1. The van der Waals surface area contributed by atoms with Crippen LogP contribution in [0, 0.1) is 11.8 Å². The maximum Gasteiger partial charge on any atom is 0.315 e. The molecule has 172 valence electrons. The van der Waals surface area contributed by atoms with Crippen molar-refractivity contribution in [2.45, 2.75) is 52.6 Å². The molecule has 2 atom stereocenters. The van der Waals surface area contributed by atoms with Gasteiger partial charge in [-0.15, -0.1) is 0 Å². The molecular formula is C28H31NO4. The topological polar surface area (TPSA) is 65.0 Å². The van der Waals surface area contributed by atoms with Crippen LogP contribution in [0.2, 0.25) is 0 Å². The van der Waals surface area contributed by atoms with Gasteiger partial charge in [0.1, 0.15) is 18.3 Å². The van der Waals surface area contributed by atoms with Crippen molar-refractivity contribution in [3.8, 4) is 5.75 Å². The van der Waals surface area contributed by atoms with E-state index in [4.69, 9.17) is 14.5 Å². The summed E-state index contributed by atoms with van der Waals surface area (Å²) in [7, 11) is 0. The van der Waals surface area contributed by atoms with Crippen molar-refractivity contribution >= 4 is 17.5 Å². The highest BCUT2D eigenvalue weighted by molar-refractivity contribution is 6.08. The number of hydrogen-bond acceptors (Lipinski definition) is 5. The number of ether oxygens (including phenoxy) is 2. The minimum atomic E-state index is -0.597. The lowest BCUT2D eigenvalue weighted by molar-refractivity contribution is -0.147. The smallest absolute Gasteiger partial charge is 0.315 e. The Morgan fingerprint density at radius 2 is 1.79 bits per heavy atom. The molecule has 0 bridgehead atoms. The van der Waals surface area contributed by atoms with Crippen molar-refractivity contribution in [2.75, 3.05) is 6.61 Å². The van der Waals surface area contributed by atoms with E-state index in [1.165, 1.54) is 0 Å². The summed E-state index contributed by atoms with van der Waals surface area (Å²) >= 11 is 0. The van der Waals surface area contributed by atoms with Gasteiger partial charge in [0.05, 0.1) is 6.61 Å². The predicted molar refractivity (Wildman–Crippen MR) is 128 cm³/mol.